The lowest BCUT2D eigenvalue weighted by Gasteiger charge is -2.39. The normalized spacial score (nSPS) is 19.3. The standard InChI is InChI=1S/C34H44N6/c1-23(2)19-29-26(5)32-33-30(31(29)28-9-7-24(3)8-10-28)20-25(4)39(33)17-18-40(32)34-35-21-27(22-36-34)11-12-38-15-13-37(6)14-16-38/h7-10,21-22,25H,1,11-20H2,2-6H3. The van der Waals surface area contributed by atoms with E-state index in [2.05, 4.69) is 97.6 Å². The number of allylic oxidation sites excluding steroid dienone is 1. The predicted octanol–water partition coefficient (Wildman–Crippen LogP) is 5.57. The number of rotatable bonds is 7. The average Bonchev–Trinajstić information content (AvgIpc) is 3.28. The molecule has 0 radical (unpaired) electrons. The number of likely N-dealkylation sites (N-methyl/N-ethyl adjacent to an activating group) is 1. The lowest BCUT2D eigenvalue weighted by atomic mass is 9.85. The van der Waals surface area contributed by atoms with Crippen molar-refractivity contribution in [2.24, 2.45) is 0 Å². The Bertz CT molecular complexity index is 1390. The van der Waals surface area contributed by atoms with Gasteiger partial charge in [-0.1, -0.05) is 42.0 Å². The smallest absolute Gasteiger partial charge is 0.229 e. The number of aromatic nitrogens is 2. The number of hydrogen-bond donors (Lipinski definition) is 0. The Morgan fingerprint density at radius 3 is 2.33 bits per heavy atom. The molecule has 6 heteroatoms. The van der Waals surface area contributed by atoms with E-state index in [0.717, 1.165) is 71.0 Å². The molecule has 1 unspecified atom stereocenters. The lowest BCUT2D eigenvalue weighted by Crippen LogP contribution is -2.45. The monoisotopic (exact) mass is 536 g/mol. The fourth-order valence-electron chi connectivity index (χ4n) is 6.83. The Labute approximate surface area is 240 Å². The van der Waals surface area contributed by atoms with E-state index in [-0.39, 0.29) is 0 Å². The fraction of sp³-hybridized carbons (Fsp3) is 0.471. The molecule has 3 aliphatic rings. The zero-order valence-electron chi connectivity index (χ0n) is 25.0. The van der Waals surface area contributed by atoms with Gasteiger partial charge in [0.15, 0.2) is 0 Å². The van der Waals surface area contributed by atoms with Crippen LogP contribution in [0.1, 0.15) is 41.7 Å². The molecule has 40 heavy (non-hydrogen) atoms. The van der Waals surface area contributed by atoms with Gasteiger partial charge in [0.1, 0.15) is 0 Å². The molecule has 1 fully saturated rings. The zero-order chi connectivity index (χ0) is 28.0. The van der Waals surface area contributed by atoms with E-state index in [1.807, 2.05) is 0 Å². The quantitative estimate of drug-likeness (QED) is 0.368. The molecule has 0 spiro atoms. The fourth-order valence-corrected chi connectivity index (χ4v) is 6.83. The minimum Gasteiger partial charge on any atom is -0.365 e. The van der Waals surface area contributed by atoms with Crippen LogP contribution in [0.25, 0.3) is 11.1 Å². The van der Waals surface area contributed by atoms with Crippen LogP contribution in [0.2, 0.25) is 0 Å². The van der Waals surface area contributed by atoms with Crippen molar-refractivity contribution in [3.63, 3.8) is 0 Å². The Morgan fingerprint density at radius 2 is 1.65 bits per heavy atom. The summed E-state index contributed by atoms with van der Waals surface area (Å²) < 4.78 is 0. The minimum absolute atomic E-state index is 0.484. The summed E-state index contributed by atoms with van der Waals surface area (Å²) in [7, 11) is 2.21. The topological polar surface area (TPSA) is 38.7 Å². The van der Waals surface area contributed by atoms with Crippen LogP contribution in [-0.2, 0) is 19.3 Å². The summed E-state index contributed by atoms with van der Waals surface area (Å²) >= 11 is 0. The van der Waals surface area contributed by atoms with E-state index in [0.29, 0.717) is 6.04 Å². The number of nitrogens with zero attached hydrogens (tertiary/aromatic N) is 6. The molecule has 2 aromatic carbocycles. The number of anilines is 3. The Morgan fingerprint density at radius 1 is 0.950 bits per heavy atom. The van der Waals surface area contributed by atoms with Crippen LogP contribution < -0.4 is 9.80 Å². The Kier molecular flexibility index (Phi) is 7.41. The van der Waals surface area contributed by atoms with Gasteiger partial charge in [-0.2, -0.15) is 0 Å². The second kappa shape index (κ2) is 11.0. The zero-order valence-corrected chi connectivity index (χ0v) is 25.0. The molecule has 3 aromatic rings. The third-order valence-electron chi connectivity index (χ3n) is 9.14. The van der Waals surface area contributed by atoms with Gasteiger partial charge in [-0.25, -0.2) is 9.97 Å². The molecule has 210 valence electrons. The van der Waals surface area contributed by atoms with Crippen molar-refractivity contribution >= 4 is 17.3 Å². The van der Waals surface area contributed by atoms with E-state index < -0.39 is 0 Å². The van der Waals surface area contributed by atoms with E-state index in [4.69, 9.17) is 9.97 Å². The largest absolute Gasteiger partial charge is 0.365 e. The summed E-state index contributed by atoms with van der Waals surface area (Å²) in [6.07, 6.45) is 7.05. The molecule has 0 saturated carbocycles. The van der Waals surface area contributed by atoms with Crippen molar-refractivity contribution in [2.45, 2.75) is 53.0 Å². The maximum Gasteiger partial charge on any atom is 0.229 e. The van der Waals surface area contributed by atoms with Crippen molar-refractivity contribution in [1.82, 2.24) is 19.8 Å². The van der Waals surface area contributed by atoms with E-state index in [1.165, 1.54) is 55.9 Å². The first-order valence-electron chi connectivity index (χ1n) is 15.0. The molecule has 0 aliphatic carbocycles. The lowest BCUT2D eigenvalue weighted by molar-refractivity contribution is 0.155. The van der Waals surface area contributed by atoms with Gasteiger partial charge in [-0.3, -0.25) is 0 Å². The molecular formula is C34H44N6. The Balaban J connectivity index is 1.36. The highest BCUT2D eigenvalue weighted by atomic mass is 15.3. The van der Waals surface area contributed by atoms with Crippen LogP contribution in [-0.4, -0.2) is 78.7 Å². The van der Waals surface area contributed by atoms with Gasteiger partial charge < -0.3 is 19.6 Å². The number of piperazine rings is 1. The van der Waals surface area contributed by atoms with Crippen molar-refractivity contribution in [2.75, 3.05) is 62.7 Å². The maximum atomic E-state index is 4.95. The second-order valence-corrected chi connectivity index (χ2v) is 12.3. The van der Waals surface area contributed by atoms with Gasteiger partial charge in [0.05, 0.1) is 11.4 Å². The van der Waals surface area contributed by atoms with Gasteiger partial charge in [0, 0.05) is 64.2 Å². The highest BCUT2D eigenvalue weighted by Crippen LogP contribution is 2.52. The van der Waals surface area contributed by atoms with Crippen LogP contribution >= 0.6 is 0 Å². The number of benzene rings is 2. The summed E-state index contributed by atoms with van der Waals surface area (Å²) in [5.74, 6) is 0.817. The van der Waals surface area contributed by atoms with Gasteiger partial charge >= 0.3 is 0 Å². The first kappa shape index (κ1) is 27.0. The highest BCUT2D eigenvalue weighted by Gasteiger charge is 2.39. The molecule has 1 aromatic heterocycles. The van der Waals surface area contributed by atoms with Crippen LogP contribution in [0.15, 0.2) is 48.8 Å². The molecule has 1 saturated heterocycles. The van der Waals surface area contributed by atoms with Gasteiger partial charge in [0.25, 0.3) is 0 Å². The number of hydrogen-bond acceptors (Lipinski definition) is 6. The molecule has 3 aliphatic heterocycles. The van der Waals surface area contributed by atoms with Crippen LogP contribution in [0.5, 0.6) is 0 Å². The molecule has 6 rings (SSSR count). The van der Waals surface area contributed by atoms with Crippen molar-refractivity contribution in [3.05, 3.63) is 76.6 Å². The van der Waals surface area contributed by atoms with Crippen LogP contribution in [0.3, 0.4) is 0 Å². The summed E-state index contributed by atoms with van der Waals surface area (Å²) in [6.45, 7) is 20.9. The second-order valence-electron chi connectivity index (χ2n) is 12.3. The minimum atomic E-state index is 0.484. The molecule has 0 amide bonds. The van der Waals surface area contributed by atoms with E-state index >= 15 is 0 Å². The van der Waals surface area contributed by atoms with Crippen molar-refractivity contribution in [3.8, 4) is 11.1 Å². The van der Waals surface area contributed by atoms with E-state index in [9.17, 15) is 0 Å². The summed E-state index contributed by atoms with van der Waals surface area (Å²) in [5.41, 5.74) is 13.3. The SMILES string of the molecule is C=C(C)Cc1c(C)c2c3c(c1-c1ccc(C)cc1)CC(C)N3CCN2c1ncc(CCN2CCN(C)CC2)cn1. The first-order valence-corrected chi connectivity index (χ1v) is 15.0. The summed E-state index contributed by atoms with van der Waals surface area (Å²) in [5, 5.41) is 0. The molecule has 0 N–H and O–H groups in total. The predicted molar refractivity (Wildman–Crippen MR) is 167 cm³/mol. The highest BCUT2D eigenvalue weighted by molar-refractivity contribution is 5.93. The molecular weight excluding hydrogens is 492 g/mol. The molecule has 0 bridgehead atoms. The van der Waals surface area contributed by atoms with Crippen LogP contribution in [0.4, 0.5) is 17.3 Å². The van der Waals surface area contributed by atoms with Gasteiger partial charge in [0.2, 0.25) is 5.95 Å². The van der Waals surface area contributed by atoms with Gasteiger partial charge in [-0.15, -0.1) is 0 Å². The molecule has 6 nitrogen and oxygen atoms in total. The molecule has 4 heterocycles. The Hall–Kier alpha value is -3.22. The number of aryl methyl sites for hydroxylation is 1. The average molecular weight is 537 g/mol. The third kappa shape index (κ3) is 5.04. The van der Waals surface area contributed by atoms with Crippen molar-refractivity contribution in [1.29, 1.82) is 0 Å². The summed E-state index contributed by atoms with van der Waals surface area (Å²) in [6, 6.07) is 9.56. The summed E-state index contributed by atoms with van der Waals surface area (Å²) in [4.78, 5) is 19.9. The van der Waals surface area contributed by atoms with Crippen molar-refractivity contribution < 1.29 is 0 Å². The maximum absolute atomic E-state index is 4.95. The third-order valence-corrected chi connectivity index (χ3v) is 9.14. The molecule has 1 atom stereocenters. The van der Waals surface area contributed by atoms with Gasteiger partial charge in [-0.05, 0) is 87.4 Å². The van der Waals surface area contributed by atoms with Crippen LogP contribution in [0, 0.1) is 13.8 Å². The van der Waals surface area contributed by atoms with E-state index in [1.54, 1.807) is 0 Å². The first-order chi connectivity index (χ1) is 19.3.